The fourth-order valence-corrected chi connectivity index (χ4v) is 5.62. The predicted octanol–water partition coefficient (Wildman–Crippen LogP) is 5.43. The van der Waals surface area contributed by atoms with E-state index in [4.69, 9.17) is 4.74 Å². The molecule has 6 rings (SSSR count). The van der Waals surface area contributed by atoms with Gasteiger partial charge in [0.2, 0.25) is 11.8 Å². The van der Waals surface area contributed by atoms with Crippen LogP contribution in [0.5, 0.6) is 5.88 Å². The van der Waals surface area contributed by atoms with E-state index in [0.29, 0.717) is 72.9 Å². The van der Waals surface area contributed by atoms with Crippen LogP contribution in [-0.4, -0.2) is 68.1 Å². The molecule has 2 amide bonds. The number of methoxy groups -OCH3 is 1. The number of rotatable bonds is 8. The van der Waals surface area contributed by atoms with Crippen LogP contribution in [0.3, 0.4) is 0 Å². The summed E-state index contributed by atoms with van der Waals surface area (Å²) in [6.07, 6.45) is 1.66. The molecule has 2 N–H and O–H groups in total. The van der Waals surface area contributed by atoms with Gasteiger partial charge in [-0.05, 0) is 48.8 Å². The number of amides is 2. The number of nitrogens with zero attached hydrogens (tertiary/aromatic N) is 7. The van der Waals surface area contributed by atoms with E-state index in [1.54, 1.807) is 31.2 Å². The Morgan fingerprint density at radius 3 is 2.33 bits per heavy atom. The summed E-state index contributed by atoms with van der Waals surface area (Å²) in [4.78, 5) is 39.7. The van der Waals surface area contributed by atoms with Crippen molar-refractivity contribution in [3.8, 4) is 28.5 Å². The van der Waals surface area contributed by atoms with Crippen molar-refractivity contribution in [3.05, 3.63) is 71.6 Å². The number of aromatic nitrogens is 6. The summed E-state index contributed by atoms with van der Waals surface area (Å²) in [7, 11) is 3.12. The van der Waals surface area contributed by atoms with Crippen LogP contribution < -0.4 is 15.4 Å². The second-order valence-corrected chi connectivity index (χ2v) is 11.0. The maximum absolute atomic E-state index is 13.7. The summed E-state index contributed by atoms with van der Waals surface area (Å²) in [5.74, 6) is 1.46. The molecule has 0 unspecified atom stereocenters. The molecule has 1 aliphatic carbocycles. The first-order valence-corrected chi connectivity index (χ1v) is 14.7. The summed E-state index contributed by atoms with van der Waals surface area (Å²) in [5.41, 5.74) is 3.07. The highest BCUT2D eigenvalue weighted by atomic mass is 19.4. The number of carbonyl (C=O) groups excluding carboxylic acids is 1. The number of urea groups is 1. The van der Waals surface area contributed by atoms with Gasteiger partial charge in [0.25, 0.3) is 0 Å². The van der Waals surface area contributed by atoms with E-state index in [1.165, 1.54) is 18.7 Å². The Morgan fingerprint density at radius 2 is 1.67 bits per heavy atom. The Morgan fingerprint density at radius 1 is 0.933 bits per heavy atom. The molecule has 45 heavy (non-hydrogen) atoms. The largest absolute Gasteiger partial charge is 0.480 e. The standard InChI is InChI=1S/C31H32F3N9O2/c1-35-30(44)43-13-11-19(12-14-43)22-9-10-23(31(32,33)34)41-25(22)20-5-3-18(4-6-20)15-36-29-40-17-38-27(42-29)24-26(21-7-8-21)37-16-39-28(24)45-2/h3-6,9-10,16-17,19,21H,7-8,11-15H2,1-2H3,(H,35,44)(H,36,38,40,42). The third-order valence-electron chi connectivity index (χ3n) is 8.13. The molecular formula is C31H32F3N9O2. The zero-order valence-corrected chi connectivity index (χ0v) is 24.8. The van der Waals surface area contributed by atoms with E-state index in [-0.39, 0.29) is 11.9 Å². The minimum Gasteiger partial charge on any atom is -0.480 e. The summed E-state index contributed by atoms with van der Waals surface area (Å²) in [6, 6.07) is 9.63. The van der Waals surface area contributed by atoms with Crippen molar-refractivity contribution in [2.24, 2.45) is 0 Å². The summed E-state index contributed by atoms with van der Waals surface area (Å²) >= 11 is 0. The molecule has 1 saturated heterocycles. The van der Waals surface area contributed by atoms with Crippen LogP contribution in [0.2, 0.25) is 0 Å². The molecule has 1 saturated carbocycles. The minimum atomic E-state index is -4.57. The Hall–Kier alpha value is -4.88. The average molecular weight is 620 g/mol. The number of nitrogens with one attached hydrogen (secondary N) is 2. The molecule has 4 heterocycles. The van der Waals surface area contributed by atoms with Gasteiger partial charge in [0.1, 0.15) is 23.9 Å². The van der Waals surface area contributed by atoms with E-state index >= 15 is 0 Å². The zero-order chi connectivity index (χ0) is 31.6. The molecule has 0 spiro atoms. The summed E-state index contributed by atoms with van der Waals surface area (Å²) < 4.78 is 46.4. The number of anilines is 1. The number of ether oxygens (including phenoxy) is 1. The van der Waals surface area contributed by atoms with Crippen molar-refractivity contribution in [2.75, 3.05) is 32.6 Å². The highest BCUT2D eigenvalue weighted by Crippen LogP contribution is 2.45. The number of hydrogen-bond acceptors (Lipinski definition) is 9. The second kappa shape index (κ2) is 12.6. The third-order valence-corrected chi connectivity index (χ3v) is 8.13. The molecule has 3 aromatic heterocycles. The van der Waals surface area contributed by atoms with Gasteiger partial charge in [-0.2, -0.15) is 18.2 Å². The van der Waals surface area contributed by atoms with Gasteiger partial charge in [0, 0.05) is 38.2 Å². The van der Waals surface area contributed by atoms with Crippen molar-refractivity contribution >= 4 is 12.0 Å². The zero-order valence-electron chi connectivity index (χ0n) is 24.8. The first-order valence-electron chi connectivity index (χ1n) is 14.7. The van der Waals surface area contributed by atoms with E-state index in [9.17, 15) is 18.0 Å². The number of hydrogen-bond donors (Lipinski definition) is 2. The molecule has 11 nitrogen and oxygen atoms in total. The van der Waals surface area contributed by atoms with Crippen molar-refractivity contribution in [2.45, 2.75) is 50.2 Å². The lowest BCUT2D eigenvalue weighted by molar-refractivity contribution is -0.141. The monoisotopic (exact) mass is 619 g/mol. The van der Waals surface area contributed by atoms with Crippen LogP contribution in [0.25, 0.3) is 22.6 Å². The Bertz CT molecular complexity index is 1670. The topological polar surface area (TPSA) is 131 Å². The highest BCUT2D eigenvalue weighted by molar-refractivity contribution is 5.74. The van der Waals surface area contributed by atoms with Crippen LogP contribution in [0.4, 0.5) is 23.9 Å². The van der Waals surface area contributed by atoms with E-state index in [0.717, 1.165) is 35.7 Å². The van der Waals surface area contributed by atoms with E-state index in [2.05, 4.69) is 40.5 Å². The third kappa shape index (κ3) is 6.64. The number of likely N-dealkylation sites (tertiary alicyclic amines) is 1. The van der Waals surface area contributed by atoms with Gasteiger partial charge >= 0.3 is 12.2 Å². The normalized spacial score (nSPS) is 15.5. The molecule has 0 bridgehead atoms. The van der Waals surface area contributed by atoms with Gasteiger partial charge in [-0.25, -0.2) is 29.7 Å². The number of benzene rings is 1. The molecule has 4 aromatic rings. The second-order valence-electron chi connectivity index (χ2n) is 11.0. The molecule has 234 valence electrons. The molecular weight excluding hydrogens is 587 g/mol. The fourth-order valence-electron chi connectivity index (χ4n) is 5.62. The minimum absolute atomic E-state index is 0.0239. The highest BCUT2D eigenvalue weighted by Gasteiger charge is 2.35. The van der Waals surface area contributed by atoms with Gasteiger partial charge in [0.05, 0.1) is 18.5 Å². The average Bonchev–Trinajstić information content (AvgIpc) is 3.92. The van der Waals surface area contributed by atoms with Crippen molar-refractivity contribution in [1.29, 1.82) is 0 Å². The van der Waals surface area contributed by atoms with Gasteiger partial charge in [0.15, 0.2) is 5.82 Å². The lowest BCUT2D eigenvalue weighted by atomic mass is 9.86. The molecule has 1 aliphatic heterocycles. The summed E-state index contributed by atoms with van der Waals surface area (Å²) in [5, 5.41) is 5.82. The predicted molar refractivity (Wildman–Crippen MR) is 159 cm³/mol. The Balaban J connectivity index is 1.20. The molecule has 0 radical (unpaired) electrons. The molecule has 2 aliphatic rings. The number of piperidine rings is 1. The van der Waals surface area contributed by atoms with Gasteiger partial charge in [-0.1, -0.05) is 30.3 Å². The maximum atomic E-state index is 13.7. The fraction of sp³-hybridized carbons (Fsp3) is 0.387. The summed E-state index contributed by atoms with van der Waals surface area (Å²) in [6.45, 7) is 1.39. The molecule has 0 atom stereocenters. The van der Waals surface area contributed by atoms with Gasteiger partial charge in [-0.15, -0.1) is 0 Å². The molecule has 1 aromatic carbocycles. The van der Waals surface area contributed by atoms with Crippen LogP contribution in [0, 0.1) is 0 Å². The van der Waals surface area contributed by atoms with Crippen LogP contribution in [0.1, 0.15) is 60.0 Å². The lowest BCUT2D eigenvalue weighted by Gasteiger charge is -2.32. The Kier molecular flexibility index (Phi) is 8.46. The number of carbonyl (C=O) groups is 1. The molecule has 14 heteroatoms. The van der Waals surface area contributed by atoms with Crippen LogP contribution >= 0.6 is 0 Å². The first kappa shape index (κ1) is 30.2. The van der Waals surface area contributed by atoms with Crippen molar-refractivity contribution in [3.63, 3.8) is 0 Å². The van der Waals surface area contributed by atoms with Crippen LogP contribution in [-0.2, 0) is 12.7 Å². The Labute approximate surface area is 257 Å². The van der Waals surface area contributed by atoms with Crippen LogP contribution in [0.15, 0.2) is 49.1 Å². The van der Waals surface area contributed by atoms with Gasteiger partial charge < -0.3 is 20.3 Å². The van der Waals surface area contributed by atoms with Gasteiger partial charge in [-0.3, -0.25) is 0 Å². The number of pyridine rings is 1. The smallest absolute Gasteiger partial charge is 0.433 e. The van der Waals surface area contributed by atoms with Crippen molar-refractivity contribution in [1.82, 2.24) is 40.1 Å². The van der Waals surface area contributed by atoms with E-state index < -0.39 is 11.9 Å². The van der Waals surface area contributed by atoms with Crippen molar-refractivity contribution < 1.29 is 22.7 Å². The number of alkyl halides is 3. The molecule has 2 fully saturated rings. The number of halogens is 3. The van der Waals surface area contributed by atoms with E-state index in [1.807, 2.05) is 12.1 Å². The maximum Gasteiger partial charge on any atom is 0.433 e. The first-order chi connectivity index (χ1) is 21.7. The quantitative estimate of drug-likeness (QED) is 0.265. The SMILES string of the molecule is CNC(=O)N1CCC(c2ccc(C(F)(F)F)nc2-c2ccc(CNc3ncnc(-c4c(OC)ncnc4C4CC4)n3)cc2)CC1. The lowest BCUT2D eigenvalue weighted by Crippen LogP contribution is -2.42.